The molecular formula is C30H36ClN3O6S. The Labute approximate surface area is 247 Å². The monoisotopic (exact) mass is 601 g/mol. The van der Waals surface area contributed by atoms with Crippen molar-refractivity contribution in [2.75, 3.05) is 31.6 Å². The molecule has 0 radical (unpaired) electrons. The van der Waals surface area contributed by atoms with Crippen LogP contribution in [0.15, 0.2) is 77.7 Å². The largest absolute Gasteiger partial charge is 0.497 e. The molecule has 1 N–H and O–H groups in total. The van der Waals surface area contributed by atoms with Gasteiger partial charge >= 0.3 is 0 Å². The Morgan fingerprint density at radius 2 is 1.66 bits per heavy atom. The van der Waals surface area contributed by atoms with Gasteiger partial charge in [0.2, 0.25) is 11.8 Å². The van der Waals surface area contributed by atoms with Gasteiger partial charge in [0.15, 0.2) is 0 Å². The Bertz CT molecular complexity index is 1420. The van der Waals surface area contributed by atoms with E-state index in [4.69, 9.17) is 21.1 Å². The van der Waals surface area contributed by atoms with Gasteiger partial charge in [0.05, 0.1) is 24.8 Å². The second-order valence-corrected chi connectivity index (χ2v) is 11.6. The zero-order valence-corrected chi connectivity index (χ0v) is 25.2. The van der Waals surface area contributed by atoms with Crippen LogP contribution in [0.25, 0.3) is 0 Å². The summed E-state index contributed by atoms with van der Waals surface area (Å²) >= 11 is 6.05. The summed E-state index contributed by atoms with van der Waals surface area (Å²) in [5.74, 6) is -0.310. The molecule has 0 bridgehead atoms. The summed E-state index contributed by atoms with van der Waals surface area (Å²) in [6.07, 6.45) is 1.69. The maximum absolute atomic E-state index is 14.0. The third-order valence-corrected chi connectivity index (χ3v) is 8.55. The molecule has 2 amide bonds. The molecule has 11 heteroatoms. The maximum Gasteiger partial charge on any atom is 0.264 e. The van der Waals surface area contributed by atoms with Crippen molar-refractivity contribution in [2.45, 2.75) is 44.2 Å². The summed E-state index contributed by atoms with van der Waals surface area (Å²) in [6, 6.07) is 18.5. The molecule has 0 fully saturated rings. The average Bonchev–Trinajstić information content (AvgIpc) is 2.99. The van der Waals surface area contributed by atoms with E-state index in [0.29, 0.717) is 17.3 Å². The average molecular weight is 602 g/mol. The summed E-state index contributed by atoms with van der Waals surface area (Å²) in [5.41, 5.74) is 0.850. The lowest BCUT2D eigenvalue weighted by Gasteiger charge is -2.32. The summed E-state index contributed by atoms with van der Waals surface area (Å²) in [5, 5.41) is 3.40. The fourth-order valence-corrected chi connectivity index (χ4v) is 5.69. The minimum atomic E-state index is -4.25. The Kier molecular flexibility index (Phi) is 11.4. The van der Waals surface area contributed by atoms with E-state index >= 15 is 0 Å². The highest BCUT2D eigenvalue weighted by molar-refractivity contribution is 7.92. The number of carbonyl (C=O) groups is 2. The molecule has 220 valence electrons. The number of carbonyl (C=O) groups excluding carboxylic acids is 2. The summed E-state index contributed by atoms with van der Waals surface area (Å²) in [4.78, 5) is 28.5. The van der Waals surface area contributed by atoms with Gasteiger partial charge in [0, 0.05) is 24.2 Å². The van der Waals surface area contributed by atoms with E-state index in [0.717, 1.165) is 22.7 Å². The van der Waals surface area contributed by atoms with Crippen molar-refractivity contribution < 1.29 is 27.5 Å². The minimum absolute atomic E-state index is 0.00715. The number of unbranched alkanes of at least 4 members (excludes halogenated alkanes) is 1. The van der Waals surface area contributed by atoms with Crippen LogP contribution < -0.4 is 19.1 Å². The molecule has 3 aromatic carbocycles. The first-order valence-electron chi connectivity index (χ1n) is 13.2. The van der Waals surface area contributed by atoms with Gasteiger partial charge in [0.25, 0.3) is 10.0 Å². The van der Waals surface area contributed by atoms with E-state index in [-0.39, 0.29) is 28.8 Å². The van der Waals surface area contributed by atoms with Crippen LogP contribution in [-0.2, 0) is 26.2 Å². The van der Waals surface area contributed by atoms with E-state index in [1.807, 2.05) is 6.92 Å². The number of halogens is 1. The number of nitrogens with one attached hydrogen (secondary N) is 1. The van der Waals surface area contributed by atoms with Crippen molar-refractivity contribution in [3.63, 3.8) is 0 Å². The summed E-state index contributed by atoms with van der Waals surface area (Å²) in [7, 11) is -1.38. The number of amides is 2. The number of sulfonamides is 1. The second-order valence-electron chi connectivity index (χ2n) is 9.33. The smallest absolute Gasteiger partial charge is 0.264 e. The highest BCUT2D eigenvalue weighted by atomic mass is 35.5. The molecule has 0 aliphatic carbocycles. The summed E-state index contributed by atoms with van der Waals surface area (Å²) in [6.45, 7) is 3.57. The molecule has 0 spiro atoms. The molecule has 0 unspecified atom stereocenters. The normalized spacial score (nSPS) is 11.8. The van der Waals surface area contributed by atoms with Gasteiger partial charge in [-0.25, -0.2) is 8.42 Å². The van der Waals surface area contributed by atoms with Crippen molar-refractivity contribution in [1.82, 2.24) is 10.2 Å². The standard InChI is InChI=1S/C30H36ClN3O6S/c1-5-6-18-32-30(36)22(2)33(20-23-12-14-24(31)15-13-23)29(35)21-34(41(37,38)26-10-8-7-9-11-26)27-19-25(39-3)16-17-28(27)40-4/h7-17,19,22H,5-6,18,20-21H2,1-4H3,(H,32,36)/t22-/m0/s1. The van der Waals surface area contributed by atoms with E-state index in [1.165, 1.54) is 37.3 Å². The van der Waals surface area contributed by atoms with E-state index < -0.39 is 28.5 Å². The lowest BCUT2D eigenvalue weighted by atomic mass is 10.1. The van der Waals surface area contributed by atoms with Crippen molar-refractivity contribution in [2.24, 2.45) is 0 Å². The number of benzene rings is 3. The highest BCUT2D eigenvalue weighted by Gasteiger charge is 2.34. The molecule has 0 heterocycles. The van der Waals surface area contributed by atoms with Crippen LogP contribution in [0.4, 0.5) is 5.69 Å². The number of hydrogen-bond acceptors (Lipinski definition) is 6. The van der Waals surface area contributed by atoms with Crippen molar-refractivity contribution in [3.05, 3.63) is 83.4 Å². The van der Waals surface area contributed by atoms with Crippen LogP contribution in [0.5, 0.6) is 11.5 Å². The van der Waals surface area contributed by atoms with Gasteiger partial charge in [0.1, 0.15) is 24.1 Å². The highest BCUT2D eigenvalue weighted by Crippen LogP contribution is 2.36. The Morgan fingerprint density at radius 1 is 0.976 bits per heavy atom. The maximum atomic E-state index is 14.0. The number of nitrogens with zero attached hydrogens (tertiary/aromatic N) is 2. The zero-order chi connectivity index (χ0) is 30.0. The molecule has 3 rings (SSSR count). The molecule has 41 heavy (non-hydrogen) atoms. The fourth-order valence-electron chi connectivity index (χ4n) is 4.13. The SMILES string of the molecule is CCCCNC(=O)[C@H](C)N(Cc1ccc(Cl)cc1)C(=O)CN(c1cc(OC)ccc1OC)S(=O)(=O)c1ccccc1. The van der Waals surface area contributed by atoms with E-state index in [9.17, 15) is 18.0 Å². The topological polar surface area (TPSA) is 105 Å². The minimum Gasteiger partial charge on any atom is -0.497 e. The van der Waals surface area contributed by atoms with E-state index in [2.05, 4.69) is 5.32 Å². The van der Waals surface area contributed by atoms with E-state index in [1.54, 1.807) is 61.5 Å². The first-order valence-corrected chi connectivity index (χ1v) is 15.1. The lowest BCUT2D eigenvalue weighted by molar-refractivity contribution is -0.139. The molecule has 3 aromatic rings. The van der Waals surface area contributed by atoms with Crippen LogP contribution in [0, 0.1) is 0 Å². The first kappa shape index (κ1) is 31.8. The molecule has 0 aromatic heterocycles. The second kappa shape index (κ2) is 14.7. The molecule has 0 aliphatic heterocycles. The van der Waals surface area contributed by atoms with Crippen molar-refractivity contribution in [3.8, 4) is 11.5 Å². The molecule has 0 aliphatic rings. The predicted molar refractivity (Wildman–Crippen MR) is 160 cm³/mol. The predicted octanol–water partition coefficient (Wildman–Crippen LogP) is 4.89. The number of hydrogen-bond donors (Lipinski definition) is 1. The Hall–Kier alpha value is -3.76. The van der Waals surface area contributed by atoms with Crippen molar-refractivity contribution in [1.29, 1.82) is 0 Å². The van der Waals surface area contributed by atoms with Gasteiger partial charge in [-0.3, -0.25) is 13.9 Å². The van der Waals surface area contributed by atoms with Crippen LogP contribution in [0.1, 0.15) is 32.3 Å². The quantitative estimate of drug-likeness (QED) is 0.264. The third kappa shape index (κ3) is 8.14. The van der Waals surface area contributed by atoms with Gasteiger partial charge in [-0.15, -0.1) is 0 Å². The number of methoxy groups -OCH3 is 2. The first-order chi connectivity index (χ1) is 19.6. The zero-order valence-electron chi connectivity index (χ0n) is 23.7. The third-order valence-electron chi connectivity index (χ3n) is 6.53. The Balaban J connectivity index is 2.07. The number of ether oxygens (including phenoxy) is 2. The van der Waals surface area contributed by atoms with Gasteiger partial charge in [-0.2, -0.15) is 0 Å². The van der Waals surface area contributed by atoms with Gasteiger partial charge in [-0.1, -0.05) is 55.3 Å². The number of rotatable bonds is 14. The Morgan fingerprint density at radius 3 is 2.27 bits per heavy atom. The molecule has 0 saturated heterocycles. The van der Waals surface area contributed by atoms with Gasteiger partial charge < -0.3 is 19.7 Å². The van der Waals surface area contributed by atoms with Crippen LogP contribution in [-0.4, -0.2) is 58.5 Å². The molecule has 0 saturated carbocycles. The van der Waals surface area contributed by atoms with Gasteiger partial charge in [-0.05, 0) is 55.3 Å². The molecular weight excluding hydrogens is 566 g/mol. The molecule has 9 nitrogen and oxygen atoms in total. The number of anilines is 1. The summed E-state index contributed by atoms with van der Waals surface area (Å²) < 4.78 is 39.8. The lowest BCUT2D eigenvalue weighted by Crippen LogP contribution is -2.51. The fraction of sp³-hybridized carbons (Fsp3) is 0.333. The van der Waals surface area contributed by atoms with Crippen LogP contribution in [0.3, 0.4) is 0 Å². The van der Waals surface area contributed by atoms with Crippen molar-refractivity contribution >= 4 is 39.1 Å². The molecule has 1 atom stereocenters. The van der Waals surface area contributed by atoms with Crippen LogP contribution >= 0.6 is 11.6 Å². The van der Waals surface area contributed by atoms with Crippen LogP contribution in [0.2, 0.25) is 5.02 Å².